The Morgan fingerprint density at radius 2 is 2.00 bits per heavy atom. The highest BCUT2D eigenvalue weighted by Gasteiger charge is 2.17. The monoisotopic (exact) mass is 370 g/mol. The Hall–Kier alpha value is -2.54. The molecule has 1 amide bonds. The van der Waals surface area contributed by atoms with Crippen molar-refractivity contribution in [2.24, 2.45) is 0 Å². The van der Waals surface area contributed by atoms with Crippen LogP contribution in [0.25, 0.3) is 11.4 Å². The highest BCUT2D eigenvalue weighted by molar-refractivity contribution is 7.99. The molecule has 0 bridgehead atoms. The number of carbonyl (C=O) groups excluding carboxylic acids is 1. The fraction of sp³-hybridized carbons (Fsp3) is 0.316. The first kappa shape index (κ1) is 18.3. The molecule has 0 aliphatic heterocycles. The second-order valence-corrected chi connectivity index (χ2v) is 7.02. The molecule has 0 fully saturated rings. The molecule has 0 saturated heterocycles. The SMILES string of the molecule is CCn1c(SCC(=O)Nc2ccc(C)c(C)c2)nnc1-c1ccoc1C. The van der Waals surface area contributed by atoms with E-state index >= 15 is 0 Å². The van der Waals surface area contributed by atoms with Crippen LogP contribution in [0.4, 0.5) is 5.69 Å². The van der Waals surface area contributed by atoms with Gasteiger partial charge in [0, 0.05) is 12.2 Å². The maximum atomic E-state index is 12.3. The van der Waals surface area contributed by atoms with E-state index in [2.05, 4.69) is 15.5 Å². The third kappa shape index (κ3) is 3.83. The van der Waals surface area contributed by atoms with E-state index in [1.165, 1.54) is 17.3 Å². The van der Waals surface area contributed by atoms with E-state index in [0.29, 0.717) is 6.54 Å². The number of hydrogen-bond donors (Lipinski definition) is 1. The van der Waals surface area contributed by atoms with Crippen LogP contribution in [0, 0.1) is 20.8 Å². The van der Waals surface area contributed by atoms with Crippen LogP contribution in [0.1, 0.15) is 23.8 Å². The highest BCUT2D eigenvalue weighted by atomic mass is 32.2. The fourth-order valence-electron chi connectivity index (χ4n) is 2.64. The number of carbonyl (C=O) groups is 1. The molecule has 0 saturated carbocycles. The lowest BCUT2D eigenvalue weighted by Gasteiger charge is -2.08. The number of aromatic nitrogens is 3. The summed E-state index contributed by atoms with van der Waals surface area (Å²) in [6, 6.07) is 7.78. The molecule has 2 heterocycles. The van der Waals surface area contributed by atoms with E-state index in [4.69, 9.17) is 4.42 Å². The van der Waals surface area contributed by atoms with Gasteiger partial charge in [-0.15, -0.1) is 10.2 Å². The van der Waals surface area contributed by atoms with Crippen molar-refractivity contribution in [3.8, 4) is 11.4 Å². The molecular formula is C19H22N4O2S. The molecule has 0 atom stereocenters. The first-order valence-corrected chi connectivity index (χ1v) is 9.45. The predicted octanol–water partition coefficient (Wildman–Crippen LogP) is 4.21. The van der Waals surface area contributed by atoms with Crippen LogP contribution >= 0.6 is 11.8 Å². The van der Waals surface area contributed by atoms with Crippen molar-refractivity contribution in [2.75, 3.05) is 11.1 Å². The van der Waals surface area contributed by atoms with Gasteiger partial charge in [0.1, 0.15) is 5.76 Å². The molecule has 0 aliphatic carbocycles. The molecule has 7 heteroatoms. The van der Waals surface area contributed by atoms with Crippen molar-refractivity contribution in [3.05, 3.63) is 47.4 Å². The predicted molar refractivity (Wildman–Crippen MR) is 103 cm³/mol. The van der Waals surface area contributed by atoms with Crippen LogP contribution in [-0.2, 0) is 11.3 Å². The number of nitrogens with zero attached hydrogens (tertiary/aromatic N) is 3. The molecule has 1 N–H and O–H groups in total. The van der Waals surface area contributed by atoms with E-state index in [1.807, 2.05) is 56.5 Å². The van der Waals surface area contributed by atoms with E-state index in [1.54, 1.807) is 6.26 Å². The van der Waals surface area contributed by atoms with Crippen molar-refractivity contribution in [2.45, 2.75) is 39.4 Å². The number of nitrogens with one attached hydrogen (secondary N) is 1. The van der Waals surface area contributed by atoms with Gasteiger partial charge in [0.05, 0.1) is 17.6 Å². The Labute approximate surface area is 157 Å². The van der Waals surface area contributed by atoms with Crippen LogP contribution in [0.5, 0.6) is 0 Å². The Kier molecular flexibility index (Phi) is 5.46. The van der Waals surface area contributed by atoms with Crippen molar-refractivity contribution in [1.29, 1.82) is 0 Å². The Balaban J connectivity index is 1.68. The maximum absolute atomic E-state index is 12.3. The number of hydrogen-bond acceptors (Lipinski definition) is 5. The van der Waals surface area contributed by atoms with E-state index < -0.39 is 0 Å². The average Bonchev–Trinajstić information content (AvgIpc) is 3.21. The largest absolute Gasteiger partial charge is 0.469 e. The summed E-state index contributed by atoms with van der Waals surface area (Å²) < 4.78 is 7.35. The zero-order valence-electron chi connectivity index (χ0n) is 15.4. The van der Waals surface area contributed by atoms with Crippen LogP contribution in [0.2, 0.25) is 0 Å². The summed E-state index contributed by atoms with van der Waals surface area (Å²) in [5.74, 6) is 1.77. The Morgan fingerprint density at radius 3 is 2.65 bits per heavy atom. The smallest absolute Gasteiger partial charge is 0.234 e. The molecule has 136 valence electrons. The zero-order chi connectivity index (χ0) is 18.7. The molecule has 0 aliphatic rings. The third-order valence-electron chi connectivity index (χ3n) is 4.26. The van der Waals surface area contributed by atoms with Gasteiger partial charge in [0.2, 0.25) is 5.91 Å². The first-order chi connectivity index (χ1) is 12.5. The lowest BCUT2D eigenvalue weighted by molar-refractivity contribution is -0.113. The second-order valence-electron chi connectivity index (χ2n) is 6.08. The van der Waals surface area contributed by atoms with Gasteiger partial charge in [0.15, 0.2) is 11.0 Å². The average molecular weight is 370 g/mol. The lowest BCUT2D eigenvalue weighted by Crippen LogP contribution is -2.14. The van der Waals surface area contributed by atoms with Crippen molar-refractivity contribution < 1.29 is 9.21 Å². The minimum Gasteiger partial charge on any atom is -0.469 e. The van der Waals surface area contributed by atoms with Gasteiger partial charge in [-0.1, -0.05) is 17.8 Å². The summed E-state index contributed by atoms with van der Waals surface area (Å²) in [6.07, 6.45) is 1.64. The number of anilines is 1. The quantitative estimate of drug-likeness (QED) is 0.658. The number of rotatable bonds is 6. The van der Waals surface area contributed by atoms with E-state index in [0.717, 1.165) is 33.6 Å². The van der Waals surface area contributed by atoms with Crippen LogP contribution in [0.15, 0.2) is 40.1 Å². The van der Waals surface area contributed by atoms with Crippen molar-refractivity contribution in [3.63, 3.8) is 0 Å². The topological polar surface area (TPSA) is 73.0 Å². The highest BCUT2D eigenvalue weighted by Crippen LogP contribution is 2.27. The molecule has 6 nitrogen and oxygen atoms in total. The second kappa shape index (κ2) is 7.78. The Morgan fingerprint density at radius 1 is 1.19 bits per heavy atom. The molecule has 3 rings (SSSR count). The minimum absolute atomic E-state index is 0.0649. The number of benzene rings is 1. The number of thioether (sulfide) groups is 1. The number of aryl methyl sites for hydroxylation is 3. The van der Waals surface area contributed by atoms with E-state index in [-0.39, 0.29) is 11.7 Å². The lowest BCUT2D eigenvalue weighted by atomic mass is 10.1. The van der Waals surface area contributed by atoms with Crippen LogP contribution in [-0.4, -0.2) is 26.4 Å². The maximum Gasteiger partial charge on any atom is 0.234 e. The summed E-state index contributed by atoms with van der Waals surface area (Å²) in [5.41, 5.74) is 4.09. The van der Waals surface area contributed by atoms with Gasteiger partial charge in [-0.3, -0.25) is 4.79 Å². The normalized spacial score (nSPS) is 10.9. The van der Waals surface area contributed by atoms with Gasteiger partial charge in [-0.25, -0.2) is 0 Å². The molecule has 3 aromatic rings. The molecule has 0 radical (unpaired) electrons. The third-order valence-corrected chi connectivity index (χ3v) is 5.22. The van der Waals surface area contributed by atoms with Gasteiger partial charge in [-0.2, -0.15) is 0 Å². The summed E-state index contributed by atoms with van der Waals surface area (Å²) in [4.78, 5) is 12.3. The molecule has 26 heavy (non-hydrogen) atoms. The van der Waals surface area contributed by atoms with Gasteiger partial charge >= 0.3 is 0 Å². The van der Waals surface area contributed by atoms with Crippen LogP contribution < -0.4 is 5.32 Å². The van der Waals surface area contributed by atoms with Crippen LogP contribution in [0.3, 0.4) is 0 Å². The minimum atomic E-state index is -0.0649. The van der Waals surface area contributed by atoms with Gasteiger partial charge < -0.3 is 14.3 Å². The standard InChI is InChI=1S/C19H22N4O2S/c1-5-23-18(16-8-9-25-14(16)4)21-22-19(23)26-11-17(24)20-15-7-6-12(2)13(3)10-15/h6-10H,5,11H2,1-4H3,(H,20,24). The van der Waals surface area contributed by atoms with Gasteiger partial charge in [0.25, 0.3) is 0 Å². The van der Waals surface area contributed by atoms with Gasteiger partial charge in [-0.05, 0) is 57.0 Å². The summed E-state index contributed by atoms with van der Waals surface area (Å²) in [6.45, 7) is 8.72. The molecule has 2 aromatic heterocycles. The number of amides is 1. The molecule has 1 aromatic carbocycles. The molecule has 0 spiro atoms. The summed E-state index contributed by atoms with van der Waals surface area (Å²) >= 11 is 1.38. The summed E-state index contributed by atoms with van der Waals surface area (Å²) in [5, 5.41) is 12.2. The van der Waals surface area contributed by atoms with Crippen molar-refractivity contribution in [1.82, 2.24) is 14.8 Å². The fourth-order valence-corrected chi connectivity index (χ4v) is 3.45. The zero-order valence-corrected chi connectivity index (χ0v) is 16.2. The summed E-state index contributed by atoms with van der Waals surface area (Å²) in [7, 11) is 0. The molecule has 0 unspecified atom stereocenters. The first-order valence-electron chi connectivity index (χ1n) is 8.47. The van der Waals surface area contributed by atoms with Crippen molar-refractivity contribution >= 4 is 23.4 Å². The Bertz CT molecular complexity index is 930. The number of furan rings is 1. The molecular weight excluding hydrogens is 348 g/mol. The van der Waals surface area contributed by atoms with E-state index in [9.17, 15) is 4.79 Å².